The summed E-state index contributed by atoms with van der Waals surface area (Å²) in [5, 5.41) is 3.04. The minimum Gasteiger partial charge on any atom is -0.341 e. The zero-order valence-corrected chi connectivity index (χ0v) is 14.0. The number of hydrogen-bond donors (Lipinski definition) is 2. The number of hydrogen-bond acceptors (Lipinski definition) is 3. The molecule has 0 aliphatic carbocycles. The lowest BCUT2D eigenvalue weighted by molar-refractivity contribution is -0.113. The van der Waals surface area contributed by atoms with Gasteiger partial charge in [0.1, 0.15) is 5.82 Å². The number of nitrogens with zero attached hydrogens (tertiary/aromatic N) is 1. The topological polar surface area (TPSA) is 57.8 Å². The summed E-state index contributed by atoms with van der Waals surface area (Å²) in [6.45, 7) is 4.08. The number of carbonyl (C=O) groups excluding carboxylic acids is 1. The summed E-state index contributed by atoms with van der Waals surface area (Å²) in [6, 6.07) is 15.8. The van der Waals surface area contributed by atoms with Crippen molar-refractivity contribution >= 4 is 34.4 Å². The Kier molecular flexibility index (Phi) is 4.67. The van der Waals surface area contributed by atoms with Gasteiger partial charge in [0, 0.05) is 5.69 Å². The Labute approximate surface area is 139 Å². The molecule has 2 N–H and O–H groups in total. The van der Waals surface area contributed by atoms with Crippen molar-refractivity contribution in [2.24, 2.45) is 0 Å². The SMILES string of the molecule is Cc1ccc(NC(=O)CSC(C)c2nc3ccccc3[nH]2)cc1. The highest BCUT2D eigenvalue weighted by Gasteiger charge is 2.13. The number of aromatic nitrogens is 2. The Hall–Kier alpha value is -2.27. The molecule has 0 aliphatic rings. The van der Waals surface area contributed by atoms with Gasteiger partial charge in [0.2, 0.25) is 5.91 Å². The van der Waals surface area contributed by atoms with Crippen molar-refractivity contribution in [3.63, 3.8) is 0 Å². The Bertz CT molecular complexity index is 778. The number of benzene rings is 2. The molecular formula is C18H19N3OS. The van der Waals surface area contributed by atoms with Crippen LogP contribution in [0, 0.1) is 6.92 Å². The lowest BCUT2D eigenvalue weighted by Crippen LogP contribution is -2.14. The third kappa shape index (κ3) is 3.93. The van der Waals surface area contributed by atoms with E-state index in [0.717, 1.165) is 22.5 Å². The van der Waals surface area contributed by atoms with Crippen LogP contribution in [-0.2, 0) is 4.79 Å². The molecule has 1 amide bonds. The van der Waals surface area contributed by atoms with Crippen LogP contribution >= 0.6 is 11.8 Å². The number of nitrogens with one attached hydrogen (secondary N) is 2. The number of imidazole rings is 1. The van der Waals surface area contributed by atoms with Crippen LogP contribution in [-0.4, -0.2) is 21.6 Å². The standard InChI is InChI=1S/C18H19N3OS/c1-12-7-9-14(10-8-12)19-17(22)11-23-13(2)18-20-15-5-3-4-6-16(15)21-18/h3-10,13H,11H2,1-2H3,(H,19,22)(H,20,21). The van der Waals surface area contributed by atoms with Crippen LogP contribution in [0.4, 0.5) is 5.69 Å². The molecule has 4 nitrogen and oxygen atoms in total. The van der Waals surface area contributed by atoms with Crippen LogP contribution in [0.2, 0.25) is 0 Å². The predicted octanol–water partition coefficient (Wildman–Crippen LogP) is 4.30. The Balaban J connectivity index is 1.56. The van der Waals surface area contributed by atoms with Gasteiger partial charge < -0.3 is 10.3 Å². The van der Waals surface area contributed by atoms with E-state index < -0.39 is 0 Å². The van der Waals surface area contributed by atoms with E-state index in [1.54, 1.807) is 11.8 Å². The van der Waals surface area contributed by atoms with Crippen LogP contribution in [0.15, 0.2) is 48.5 Å². The van der Waals surface area contributed by atoms with Crippen molar-refractivity contribution in [1.29, 1.82) is 0 Å². The lowest BCUT2D eigenvalue weighted by atomic mass is 10.2. The zero-order chi connectivity index (χ0) is 16.2. The molecule has 0 saturated carbocycles. The minimum absolute atomic E-state index is 0.00168. The monoisotopic (exact) mass is 325 g/mol. The fraction of sp³-hybridized carbons (Fsp3) is 0.222. The van der Waals surface area contributed by atoms with Gasteiger partial charge in [-0.15, -0.1) is 11.8 Å². The number of rotatable bonds is 5. The molecule has 1 atom stereocenters. The lowest BCUT2D eigenvalue weighted by Gasteiger charge is -2.09. The van der Waals surface area contributed by atoms with E-state index in [1.807, 2.05) is 55.5 Å². The van der Waals surface area contributed by atoms with Crippen molar-refractivity contribution in [3.05, 3.63) is 59.9 Å². The first kappa shape index (κ1) is 15.6. The Morgan fingerprint density at radius 3 is 2.70 bits per heavy atom. The maximum Gasteiger partial charge on any atom is 0.234 e. The second-order valence-corrected chi connectivity index (χ2v) is 6.84. The Morgan fingerprint density at radius 1 is 1.22 bits per heavy atom. The van der Waals surface area contributed by atoms with Gasteiger partial charge >= 0.3 is 0 Å². The summed E-state index contributed by atoms with van der Waals surface area (Å²) in [5.74, 6) is 1.30. The highest BCUT2D eigenvalue weighted by atomic mass is 32.2. The number of aryl methyl sites for hydroxylation is 1. The summed E-state index contributed by atoms with van der Waals surface area (Å²) in [4.78, 5) is 19.9. The van der Waals surface area contributed by atoms with Gasteiger partial charge in [-0.2, -0.15) is 0 Å². The van der Waals surface area contributed by atoms with Gasteiger partial charge in [-0.1, -0.05) is 29.8 Å². The summed E-state index contributed by atoms with van der Waals surface area (Å²) in [5.41, 5.74) is 3.99. The average molecular weight is 325 g/mol. The minimum atomic E-state index is 0.00168. The molecule has 5 heteroatoms. The molecule has 0 aliphatic heterocycles. The van der Waals surface area contributed by atoms with E-state index in [-0.39, 0.29) is 11.2 Å². The molecule has 1 aromatic heterocycles. The van der Waals surface area contributed by atoms with Gasteiger partial charge in [-0.05, 0) is 38.1 Å². The summed E-state index contributed by atoms with van der Waals surface area (Å²) < 4.78 is 0. The second kappa shape index (κ2) is 6.87. The normalized spacial score (nSPS) is 12.3. The van der Waals surface area contributed by atoms with Crippen LogP contribution in [0.5, 0.6) is 0 Å². The van der Waals surface area contributed by atoms with Crippen LogP contribution < -0.4 is 5.32 Å². The van der Waals surface area contributed by atoms with Crippen molar-refractivity contribution < 1.29 is 4.79 Å². The number of carbonyl (C=O) groups is 1. The largest absolute Gasteiger partial charge is 0.341 e. The van der Waals surface area contributed by atoms with Gasteiger partial charge in [0.05, 0.1) is 22.0 Å². The van der Waals surface area contributed by atoms with Crippen molar-refractivity contribution in [1.82, 2.24) is 9.97 Å². The zero-order valence-electron chi connectivity index (χ0n) is 13.2. The fourth-order valence-corrected chi connectivity index (χ4v) is 3.02. The molecule has 3 rings (SSSR count). The number of H-pyrrole nitrogens is 1. The van der Waals surface area contributed by atoms with Crippen LogP contribution in [0.3, 0.4) is 0 Å². The molecule has 0 fully saturated rings. The molecule has 118 valence electrons. The van der Waals surface area contributed by atoms with Crippen molar-refractivity contribution in [3.8, 4) is 0 Å². The first-order chi connectivity index (χ1) is 11.1. The maximum absolute atomic E-state index is 12.0. The molecule has 0 spiro atoms. The van der Waals surface area contributed by atoms with Gasteiger partial charge in [-0.25, -0.2) is 4.98 Å². The third-order valence-corrected chi connectivity index (χ3v) is 4.74. The van der Waals surface area contributed by atoms with E-state index in [1.165, 1.54) is 5.56 Å². The first-order valence-electron chi connectivity index (χ1n) is 7.54. The number of para-hydroxylation sites is 2. The highest BCUT2D eigenvalue weighted by Crippen LogP contribution is 2.27. The quantitative estimate of drug-likeness (QED) is 0.735. The molecule has 0 radical (unpaired) electrons. The average Bonchev–Trinajstić information content (AvgIpc) is 2.99. The molecule has 3 aromatic rings. The number of fused-ring (bicyclic) bond motifs is 1. The molecule has 2 aromatic carbocycles. The molecule has 23 heavy (non-hydrogen) atoms. The van der Waals surface area contributed by atoms with E-state index in [9.17, 15) is 4.79 Å². The highest BCUT2D eigenvalue weighted by molar-refractivity contribution is 8.00. The van der Waals surface area contributed by atoms with Crippen molar-refractivity contribution in [2.75, 3.05) is 11.1 Å². The number of anilines is 1. The van der Waals surface area contributed by atoms with Gasteiger partial charge in [-0.3, -0.25) is 4.79 Å². The van der Waals surface area contributed by atoms with Gasteiger partial charge in [0.15, 0.2) is 0 Å². The number of amides is 1. The predicted molar refractivity (Wildman–Crippen MR) is 96.8 cm³/mol. The summed E-state index contributed by atoms with van der Waals surface area (Å²) >= 11 is 1.57. The van der Waals surface area contributed by atoms with Gasteiger partial charge in [0.25, 0.3) is 0 Å². The smallest absolute Gasteiger partial charge is 0.234 e. The molecule has 1 heterocycles. The van der Waals surface area contributed by atoms with E-state index in [2.05, 4.69) is 22.2 Å². The van der Waals surface area contributed by atoms with E-state index >= 15 is 0 Å². The molecular weight excluding hydrogens is 306 g/mol. The van der Waals surface area contributed by atoms with Crippen LogP contribution in [0.1, 0.15) is 23.6 Å². The fourth-order valence-electron chi connectivity index (χ4n) is 2.28. The van der Waals surface area contributed by atoms with E-state index in [4.69, 9.17) is 0 Å². The molecule has 0 bridgehead atoms. The summed E-state index contributed by atoms with van der Waals surface area (Å²) in [7, 11) is 0. The maximum atomic E-state index is 12.0. The van der Waals surface area contributed by atoms with E-state index in [0.29, 0.717) is 5.75 Å². The summed E-state index contributed by atoms with van der Waals surface area (Å²) in [6.07, 6.45) is 0. The first-order valence-corrected chi connectivity index (χ1v) is 8.59. The molecule has 1 unspecified atom stereocenters. The van der Waals surface area contributed by atoms with Crippen LogP contribution in [0.25, 0.3) is 11.0 Å². The third-order valence-electron chi connectivity index (χ3n) is 3.59. The van der Waals surface area contributed by atoms with Crippen molar-refractivity contribution in [2.45, 2.75) is 19.1 Å². The Morgan fingerprint density at radius 2 is 1.96 bits per heavy atom. The number of aromatic amines is 1. The molecule has 0 saturated heterocycles. The number of thioether (sulfide) groups is 1. The second-order valence-electron chi connectivity index (χ2n) is 5.51.